The van der Waals surface area contributed by atoms with Gasteiger partial charge in [0.05, 0.1) is 4.92 Å². The van der Waals surface area contributed by atoms with Crippen LogP contribution in [-0.2, 0) is 4.79 Å². The number of amides is 1. The molecule has 9 heteroatoms. The van der Waals surface area contributed by atoms with Gasteiger partial charge in [-0.05, 0) is 36.8 Å². The number of benzene rings is 1. The standard InChI is InChI=1S/C16H18F3N3O3/c17-16(18,19)14(23)21-10-7-15(11-21)5-8-20(9-6-15)12-1-3-13(4-2-12)22(24)25/h1-4H,5-11H2. The highest BCUT2D eigenvalue weighted by Gasteiger charge is 2.49. The number of non-ortho nitro benzene ring substituents is 1. The molecule has 2 fully saturated rings. The average Bonchev–Trinajstić information content (AvgIpc) is 2.98. The predicted octanol–water partition coefficient (Wildman–Crippen LogP) is 2.98. The average molecular weight is 357 g/mol. The molecule has 0 aromatic heterocycles. The topological polar surface area (TPSA) is 66.7 Å². The van der Waals surface area contributed by atoms with Crippen LogP contribution in [0.4, 0.5) is 24.5 Å². The van der Waals surface area contributed by atoms with E-state index < -0.39 is 17.0 Å². The molecule has 0 bridgehead atoms. The fraction of sp³-hybridized carbons (Fsp3) is 0.562. The molecular weight excluding hydrogens is 339 g/mol. The molecule has 2 aliphatic heterocycles. The summed E-state index contributed by atoms with van der Waals surface area (Å²) in [4.78, 5) is 24.6. The van der Waals surface area contributed by atoms with E-state index in [1.54, 1.807) is 12.1 Å². The van der Waals surface area contributed by atoms with Crippen molar-refractivity contribution in [3.8, 4) is 0 Å². The van der Waals surface area contributed by atoms with Crippen molar-refractivity contribution in [3.63, 3.8) is 0 Å². The van der Waals surface area contributed by atoms with Gasteiger partial charge in [-0.2, -0.15) is 13.2 Å². The second-order valence-electron chi connectivity index (χ2n) is 6.74. The zero-order chi connectivity index (χ0) is 18.2. The van der Waals surface area contributed by atoms with Gasteiger partial charge in [0.1, 0.15) is 0 Å². The van der Waals surface area contributed by atoms with Gasteiger partial charge in [-0.15, -0.1) is 0 Å². The van der Waals surface area contributed by atoms with E-state index in [0.717, 1.165) is 10.6 Å². The smallest absolute Gasteiger partial charge is 0.371 e. The Hall–Kier alpha value is -2.32. The third kappa shape index (κ3) is 3.54. The second-order valence-corrected chi connectivity index (χ2v) is 6.74. The summed E-state index contributed by atoms with van der Waals surface area (Å²) in [6.45, 7) is 1.62. The number of likely N-dealkylation sites (tertiary alicyclic amines) is 1. The summed E-state index contributed by atoms with van der Waals surface area (Å²) in [5, 5.41) is 10.7. The van der Waals surface area contributed by atoms with Gasteiger partial charge in [-0.1, -0.05) is 0 Å². The summed E-state index contributed by atoms with van der Waals surface area (Å²) in [6.07, 6.45) is -2.83. The van der Waals surface area contributed by atoms with Crippen molar-refractivity contribution in [2.75, 3.05) is 31.1 Å². The van der Waals surface area contributed by atoms with Crippen molar-refractivity contribution in [1.82, 2.24) is 4.90 Å². The van der Waals surface area contributed by atoms with E-state index in [0.29, 0.717) is 32.4 Å². The van der Waals surface area contributed by atoms with Crippen LogP contribution in [0.1, 0.15) is 19.3 Å². The molecule has 6 nitrogen and oxygen atoms in total. The lowest BCUT2D eigenvalue weighted by Gasteiger charge is -2.40. The Labute approximate surface area is 142 Å². The molecule has 0 aliphatic carbocycles. The van der Waals surface area contributed by atoms with Crippen LogP contribution >= 0.6 is 0 Å². The lowest BCUT2D eigenvalue weighted by atomic mass is 9.77. The first-order valence-electron chi connectivity index (χ1n) is 8.06. The maximum absolute atomic E-state index is 12.6. The zero-order valence-electron chi connectivity index (χ0n) is 13.5. The molecule has 1 aromatic rings. The number of carbonyl (C=O) groups excluding carboxylic acids is 1. The van der Waals surface area contributed by atoms with Crippen LogP contribution in [0, 0.1) is 15.5 Å². The molecule has 3 rings (SSSR count). The number of alkyl halides is 3. The first kappa shape index (κ1) is 17.5. The minimum atomic E-state index is -4.81. The SMILES string of the molecule is O=C(N1CCC2(CCN(c3ccc([N+](=O)[O-])cc3)CC2)C1)C(F)(F)F. The fourth-order valence-corrected chi connectivity index (χ4v) is 3.72. The van der Waals surface area contributed by atoms with Gasteiger partial charge >= 0.3 is 12.1 Å². The maximum Gasteiger partial charge on any atom is 0.471 e. The normalized spacial score (nSPS) is 20.1. The van der Waals surface area contributed by atoms with Crippen LogP contribution in [0.3, 0.4) is 0 Å². The van der Waals surface area contributed by atoms with Crippen LogP contribution in [-0.4, -0.2) is 48.1 Å². The first-order chi connectivity index (χ1) is 11.7. The number of carbonyl (C=O) groups is 1. The zero-order valence-corrected chi connectivity index (χ0v) is 13.5. The highest BCUT2D eigenvalue weighted by Crippen LogP contribution is 2.42. The van der Waals surface area contributed by atoms with Gasteiger partial charge < -0.3 is 9.80 Å². The van der Waals surface area contributed by atoms with Crippen LogP contribution in [0.5, 0.6) is 0 Å². The number of anilines is 1. The molecule has 0 radical (unpaired) electrons. The quantitative estimate of drug-likeness (QED) is 0.603. The number of nitro benzene ring substituents is 1. The number of nitro groups is 1. The van der Waals surface area contributed by atoms with Crippen molar-refractivity contribution in [2.24, 2.45) is 5.41 Å². The molecule has 0 atom stereocenters. The summed E-state index contributed by atoms with van der Waals surface area (Å²) in [5.74, 6) is -1.75. The number of hydrogen-bond acceptors (Lipinski definition) is 4. The van der Waals surface area contributed by atoms with Crippen LogP contribution in [0.15, 0.2) is 24.3 Å². The van der Waals surface area contributed by atoms with Gasteiger partial charge in [-0.3, -0.25) is 14.9 Å². The van der Waals surface area contributed by atoms with E-state index in [1.807, 2.05) is 0 Å². The largest absolute Gasteiger partial charge is 0.471 e. The number of rotatable bonds is 2. The minimum Gasteiger partial charge on any atom is -0.371 e. The molecule has 2 heterocycles. The first-order valence-corrected chi connectivity index (χ1v) is 8.06. The molecule has 1 aromatic carbocycles. The lowest BCUT2D eigenvalue weighted by Crippen LogP contribution is -2.44. The van der Waals surface area contributed by atoms with E-state index in [2.05, 4.69) is 4.90 Å². The van der Waals surface area contributed by atoms with Gasteiger partial charge in [-0.25, -0.2) is 0 Å². The molecule has 1 amide bonds. The summed E-state index contributed by atoms with van der Waals surface area (Å²) < 4.78 is 37.7. The highest BCUT2D eigenvalue weighted by molar-refractivity contribution is 5.82. The van der Waals surface area contributed by atoms with E-state index in [4.69, 9.17) is 0 Å². The number of piperidine rings is 1. The Morgan fingerprint density at radius 3 is 2.16 bits per heavy atom. The number of halogens is 3. The monoisotopic (exact) mass is 357 g/mol. The predicted molar refractivity (Wildman–Crippen MR) is 84.2 cm³/mol. The van der Waals surface area contributed by atoms with E-state index in [9.17, 15) is 28.1 Å². The highest BCUT2D eigenvalue weighted by atomic mass is 19.4. The Morgan fingerprint density at radius 2 is 1.64 bits per heavy atom. The number of nitrogens with zero attached hydrogens (tertiary/aromatic N) is 3. The minimum absolute atomic E-state index is 0.0225. The molecule has 0 saturated carbocycles. The molecule has 2 aliphatic rings. The molecule has 2 saturated heterocycles. The number of hydrogen-bond donors (Lipinski definition) is 0. The third-order valence-electron chi connectivity index (χ3n) is 5.22. The Balaban J connectivity index is 1.60. The molecule has 1 spiro atoms. The van der Waals surface area contributed by atoms with E-state index in [-0.39, 0.29) is 24.2 Å². The van der Waals surface area contributed by atoms with Gasteiger partial charge in [0.25, 0.3) is 5.69 Å². The van der Waals surface area contributed by atoms with E-state index >= 15 is 0 Å². The summed E-state index contributed by atoms with van der Waals surface area (Å²) >= 11 is 0. The summed E-state index contributed by atoms with van der Waals surface area (Å²) in [5.41, 5.74) is 0.633. The summed E-state index contributed by atoms with van der Waals surface area (Å²) in [7, 11) is 0. The Morgan fingerprint density at radius 1 is 1.08 bits per heavy atom. The van der Waals surface area contributed by atoms with Gasteiger partial charge in [0, 0.05) is 44.0 Å². The van der Waals surface area contributed by atoms with E-state index in [1.165, 1.54) is 12.1 Å². The second kappa shape index (κ2) is 6.20. The van der Waals surface area contributed by atoms with Crippen molar-refractivity contribution in [1.29, 1.82) is 0 Å². The fourth-order valence-electron chi connectivity index (χ4n) is 3.72. The maximum atomic E-state index is 12.6. The molecule has 0 unspecified atom stereocenters. The molecule has 0 N–H and O–H groups in total. The van der Waals surface area contributed by atoms with Crippen molar-refractivity contribution in [2.45, 2.75) is 25.4 Å². The van der Waals surface area contributed by atoms with Crippen molar-refractivity contribution < 1.29 is 22.9 Å². The lowest BCUT2D eigenvalue weighted by molar-refractivity contribution is -0.384. The molecule has 25 heavy (non-hydrogen) atoms. The molecule has 136 valence electrons. The van der Waals surface area contributed by atoms with Crippen LogP contribution < -0.4 is 4.90 Å². The van der Waals surface area contributed by atoms with Crippen LogP contribution in [0.2, 0.25) is 0 Å². The Kier molecular flexibility index (Phi) is 4.34. The van der Waals surface area contributed by atoms with Gasteiger partial charge in [0.15, 0.2) is 0 Å². The van der Waals surface area contributed by atoms with Crippen molar-refractivity contribution in [3.05, 3.63) is 34.4 Å². The Bertz CT molecular complexity index is 667. The van der Waals surface area contributed by atoms with Gasteiger partial charge in [0.2, 0.25) is 0 Å². The van der Waals surface area contributed by atoms with Crippen LogP contribution in [0.25, 0.3) is 0 Å². The summed E-state index contributed by atoms with van der Waals surface area (Å²) in [6, 6.07) is 6.26. The van der Waals surface area contributed by atoms with Crippen molar-refractivity contribution >= 4 is 17.3 Å². The molecular formula is C16H18F3N3O3. The third-order valence-corrected chi connectivity index (χ3v) is 5.22.